The Labute approximate surface area is 162 Å². The molecule has 1 aromatic carbocycles. The fourth-order valence-electron chi connectivity index (χ4n) is 3.83. The number of hydrogen-bond donors (Lipinski definition) is 0. The van der Waals surface area contributed by atoms with Crippen molar-refractivity contribution in [1.29, 1.82) is 0 Å². The normalized spacial score (nSPS) is 15.0. The molecule has 0 bridgehead atoms. The molecule has 0 amide bonds. The van der Waals surface area contributed by atoms with Crippen molar-refractivity contribution in [2.24, 2.45) is 0 Å². The van der Waals surface area contributed by atoms with Crippen molar-refractivity contribution in [1.82, 2.24) is 0 Å². The molecule has 5 nitrogen and oxygen atoms in total. The smallest absolute Gasteiger partial charge is 0.336 e. The van der Waals surface area contributed by atoms with Gasteiger partial charge in [-0.25, -0.2) is 4.79 Å². The van der Waals surface area contributed by atoms with Crippen LogP contribution in [0.15, 0.2) is 36.6 Å². The molecule has 0 radical (unpaired) electrons. The number of benzene rings is 1. The molecule has 3 aromatic rings. The van der Waals surface area contributed by atoms with Gasteiger partial charge in [0.25, 0.3) is 0 Å². The standard InChI is InChI=1S/C23H24O5/c1-5-7-13-11-17(25)27-22-18(13)21-15(9-10-23(3,4)28-21)20-19(22)16(24)12-14(26-20)8-6-2/h9-12H,5-8H2,1-4H3. The van der Waals surface area contributed by atoms with E-state index in [1.54, 1.807) is 0 Å². The summed E-state index contributed by atoms with van der Waals surface area (Å²) >= 11 is 0. The van der Waals surface area contributed by atoms with E-state index in [1.165, 1.54) is 12.1 Å². The fraction of sp³-hybridized carbons (Fsp3) is 0.391. The van der Waals surface area contributed by atoms with E-state index in [2.05, 4.69) is 0 Å². The quantitative estimate of drug-likeness (QED) is 0.471. The summed E-state index contributed by atoms with van der Waals surface area (Å²) in [5.74, 6) is 1.23. The lowest BCUT2D eigenvalue weighted by Gasteiger charge is -2.29. The minimum Gasteiger partial charge on any atom is -0.482 e. The highest BCUT2D eigenvalue weighted by atomic mass is 16.5. The molecule has 4 rings (SSSR count). The summed E-state index contributed by atoms with van der Waals surface area (Å²) in [5.41, 5.74) is 1.04. The Morgan fingerprint density at radius 3 is 2.39 bits per heavy atom. The number of hydrogen-bond acceptors (Lipinski definition) is 5. The molecule has 146 valence electrons. The summed E-state index contributed by atoms with van der Waals surface area (Å²) in [4.78, 5) is 25.2. The number of rotatable bonds is 4. The Morgan fingerprint density at radius 1 is 0.929 bits per heavy atom. The molecule has 1 aliphatic rings. The van der Waals surface area contributed by atoms with Gasteiger partial charge in [0.1, 0.15) is 22.5 Å². The van der Waals surface area contributed by atoms with Gasteiger partial charge < -0.3 is 13.6 Å². The Balaban J connectivity index is 2.25. The first kappa shape index (κ1) is 18.5. The van der Waals surface area contributed by atoms with Crippen molar-refractivity contribution in [3.63, 3.8) is 0 Å². The molecule has 0 N–H and O–H groups in total. The van der Waals surface area contributed by atoms with Crippen LogP contribution in [0, 0.1) is 0 Å². The van der Waals surface area contributed by atoms with Crippen LogP contribution in [0.4, 0.5) is 0 Å². The first-order chi connectivity index (χ1) is 13.3. The summed E-state index contributed by atoms with van der Waals surface area (Å²) in [7, 11) is 0. The number of fused-ring (bicyclic) bond motifs is 6. The maximum absolute atomic E-state index is 13.0. The number of ether oxygens (including phenoxy) is 1. The maximum Gasteiger partial charge on any atom is 0.336 e. The molecule has 3 heterocycles. The van der Waals surface area contributed by atoms with Crippen LogP contribution in [-0.4, -0.2) is 5.60 Å². The largest absolute Gasteiger partial charge is 0.482 e. The number of aryl methyl sites for hydroxylation is 2. The van der Waals surface area contributed by atoms with E-state index in [1.807, 2.05) is 39.8 Å². The second kappa shape index (κ2) is 6.66. The average Bonchev–Trinajstić information content (AvgIpc) is 2.60. The Hall–Kier alpha value is -2.82. The van der Waals surface area contributed by atoms with Crippen LogP contribution in [0.25, 0.3) is 28.0 Å². The minimum absolute atomic E-state index is 0.201. The molecule has 2 aromatic heterocycles. The van der Waals surface area contributed by atoms with Crippen LogP contribution in [0.2, 0.25) is 0 Å². The minimum atomic E-state index is -0.519. The average molecular weight is 380 g/mol. The summed E-state index contributed by atoms with van der Waals surface area (Å²) < 4.78 is 18.0. The maximum atomic E-state index is 13.0. The van der Waals surface area contributed by atoms with Gasteiger partial charge in [0, 0.05) is 18.6 Å². The van der Waals surface area contributed by atoms with Crippen molar-refractivity contribution in [2.45, 2.75) is 59.0 Å². The summed E-state index contributed by atoms with van der Waals surface area (Å²) in [6, 6.07) is 3.00. The van der Waals surface area contributed by atoms with E-state index in [0.29, 0.717) is 40.7 Å². The first-order valence-electron chi connectivity index (χ1n) is 9.82. The van der Waals surface area contributed by atoms with Crippen LogP contribution >= 0.6 is 0 Å². The van der Waals surface area contributed by atoms with Crippen LogP contribution in [-0.2, 0) is 12.8 Å². The SMILES string of the molecule is CCCc1cc(=O)c2c(o1)c1c(c3c(CCC)cc(=O)oc32)OC(C)(C)C=C1. The highest BCUT2D eigenvalue weighted by molar-refractivity contribution is 6.10. The Morgan fingerprint density at radius 2 is 1.68 bits per heavy atom. The molecule has 0 saturated carbocycles. The molecule has 0 aliphatic carbocycles. The summed E-state index contributed by atoms with van der Waals surface area (Å²) in [5, 5.41) is 0.994. The second-order valence-electron chi connectivity index (χ2n) is 7.86. The van der Waals surface area contributed by atoms with Crippen molar-refractivity contribution in [3.05, 3.63) is 55.7 Å². The Bertz CT molecular complexity index is 1220. The third-order valence-electron chi connectivity index (χ3n) is 5.02. The van der Waals surface area contributed by atoms with Gasteiger partial charge in [0.05, 0.1) is 10.9 Å². The summed E-state index contributed by atoms with van der Waals surface area (Å²) in [6.07, 6.45) is 6.96. The van der Waals surface area contributed by atoms with E-state index in [-0.39, 0.29) is 11.0 Å². The molecule has 5 heteroatoms. The highest BCUT2D eigenvalue weighted by Crippen LogP contribution is 2.43. The van der Waals surface area contributed by atoms with Crippen LogP contribution in [0.5, 0.6) is 5.75 Å². The molecule has 0 unspecified atom stereocenters. The Kier molecular flexibility index (Phi) is 4.41. The van der Waals surface area contributed by atoms with E-state index in [9.17, 15) is 9.59 Å². The molecule has 0 saturated heterocycles. The van der Waals surface area contributed by atoms with Crippen molar-refractivity contribution >= 4 is 28.0 Å². The zero-order chi connectivity index (χ0) is 20.1. The lowest BCUT2D eigenvalue weighted by molar-refractivity contribution is 0.161. The molecule has 0 fully saturated rings. The lowest BCUT2D eigenvalue weighted by atomic mass is 9.94. The van der Waals surface area contributed by atoms with Gasteiger partial charge in [-0.2, -0.15) is 0 Å². The topological polar surface area (TPSA) is 69.7 Å². The molecular weight excluding hydrogens is 356 g/mol. The highest BCUT2D eigenvalue weighted by Gasteiger charge is 2.30. The van der Waals surface area contributed by atoms with Crippen molar-refractivity contribution in [3.8, 4) is 5.75 Å². The molecule has 28 heavy (non-hydrogen) atoms. The van der Waals surface area contributed by atoms with Gasteiger partial charge in [-0.15, -0.1) is 0 Å². The third-order valence-corrected chi connectivity index (χ3v) is 5.02. The van der Waals surface area contributed by atoms with Gasteiger partial charge in [-0.3, -0.25) is 4.79 Å². The van der Waals surface area contributed by atoms with E-state index < -0.39 is 11.2 Å². The predicted molar refractivity (Wildman–Crippen MR) is 110 cm³/mol. The van der Waals surface area contributed by atoms with Crippen LogP contribution < -0.4 is 15.8 Å². The zero-order valence-electron chi connectivity index (χ0n) is 16.7. The predicted octanol–water partition coefficient (Wildman–Crippen LogP) is 4.99. The first-order valence-corrected chi connectivity index (χ1v) is 9.82. The van der Waals surface area contributed by atoms with Crippen LogP contribution in [0.1, 0.15) is 57.4 Å². The summed E-state index contributed by atoms with van der Waals surface area (Å²) in [6.45, 7) is 8.00. The second-order valence-corrected chi connectivity index (χ2v) is 7.86. The van der Waals surface area contributed by atoms with E-state index in [0.717, 1.165) is 24.0 Å². The fourth-order valence-corrected chi connectivity index (χ4v) is 3.83. The van der Waals surface area contributed by atoms with Crippen LogP contribution in [0.3, 0.4) is 0 Å². The molecule has 0 atom stereocenters. The zero-order valence-corrected chi connectivity index (χ0v) is 16.7. The van der Waals surface area contributed by atoms with E-state index >= 15 is 0 Å². The molecular formula is C23H24O5. The van der Waals surface area contributed by atoms with Gasteiger partial charge in [0.2, 0.25) is 0 Å². The van der Waals surface area contributed by atoms with Gasteiger partial charge in [0.15, 0.2) is 16.6 Å². The van der Waals surface area contributed by atoms with E-state index in [4.69, 9.17) is 13.6 Å². The molecule has 0 spiro atoms. The van der Waals surface area contributed by atoms with Gasteiger partial charge in [-0.05, 0) is 44.4 Å². The van der Waals surface area contributed by atoms with Gasteiger partial charge in [-0.1, -0.05) is 20.3 Å². The van der Waals surface area contributed by atoms with Gasteiger partial charge >= 0.3 is 5.63 Å². The van der Waals surface area contributed by atoms with Crippen molar-refractivity contribution in [2.75, 3.05) is 0 Å². The third kappa shape index (κ3) is 2.95. The lowest BCUT2D eigenvalue weighted by Crippen LogP contribution is -2.28. The molecule has 1 aliphatic heterocycles. The van der Waals surface area contributed by atoms with Crippen molar-refractivity contribution < 1.29 is 13.6 Å². The monoisotopic (exact) mass is 380 g/mol.